The minimum atomic E-state index is -0.226. The first-order valence-electron chi connectivity index (χ1n) is 10.5. The summed E-state index contributed by atoms with van der Waals surface area (Å²) in [4.78, 5) is 21.4. The molecular weight excluding hydrogens is 421 g/mol. The zero-order valence-corrected chi connectivity index (χ0v) is 18.4. The lowest BCUT2D eigenvalue weighted by Gasteiger charge is -2.44. The number of pyridine rings is 1. The number of anilines is 1. The van der Waals surface area contributed by atoms with Gasteiger partial charge in [-0.1, -0.05) is 35.3 Å². The van der Waals surface area contributed by atoms with Crippen molar-refractivity contribution in [2.75, 3.05) is 31.1 Å². The number of carbonyl (C=O) groups excluding carboxylic acids is 1. The summed E-state index contributed by atoms with van der Waals surface area (Å²) in [7, 11) is 0. The highest BCUT2D eigenvalue weighted by atomic mass is 35.5. The van der Waals surface area contributed by atoms with Gasteiger partial charge in [0.25, 0.3) is 0 Å². The van der Waals surface area contributed by atoms with Gasteiger partial charge in [-0.05, 0) is 62.1 Å². The van der Waals surface area contributed by atoms with Crippen LogP contribution in [0, 0.1) is 0 Å². The Kier molecular flexibility index (Phi) is 6.63. The van der Waals surface area contributed by atoms with Crippen molar-refractivity contribution in [2.24, 2.45) is 0 Å². The number of aliphatic hydroxyl groups excluding tert-OH is 1. The van der Waals surface area contributed by atoms with Crippen molar-refractivity contribution in [2.45, 2.75) is 43.6 Å². The third-order valence-corrected chi connectivity index (χ3v) is 7.24. The number of aliphatic hydroxyl groups is 1. The monoisotopic (exact) mass is 447 g/mol. The van der Waals surface area contributed by atoms with Crippen molar-refractivity contribution in [1.29, 1.82) is 0 Å². The van der Waals surface area contributed by atoms with E-state index in [0.29, 0.717) is 28.8 Å². The van der Waals surface area contributed by atoms with E-state index >= 15 is 0 Å². The fraction of sp³-hybridized carbons (Fsp3) is 0.478. The van der Waals surface area contributed by atoms with Gasteiger partial charge in [0.05, 0.1) is 16.1 Å². The first-order valence-corrected chi connectivity index (χ1v) is 11.3. The summed E-state index contributed by atoms with van der Waals surface area (Å²) in [6, 6.07) is 11.5. The molecule has 1 atom stereocenters. The van der Waals surface area contributed by atoms with Gasteiger partial charge in [-0.3, -0.25) is 9.69 Å². The summed E-state index contributed by atoms with van der Waals surface area (Å²) in [6.45, 7) is 3.29. The minimum absolute atomic E-state index is 0.102. The molecule has 0 radical (unpaired) electrons. The maximum absolute atomic E-state index is 12.8. The number of amides is 1. The number of nitrogens with zero attached hydrogens (tertiary/aromatic N) is 3. The predicted molar refractivity (Wildman–Crippen MR) is 120 cm³/mol. The molecule has 0 bridgehead atoms. The summed E-state index contributed by atoms with van der Waals surface area (Å²) < 4.78 is 0. The molecule has 4 rings (SSSR count). The summed E-state index contributed by atoms with van der Waals surface area (Å²) >= 11 is 12.6. The number of halogens is 2. The minimum Gasteiger partial charge on any atom is -0.393 e. The Morgan fingerprint density at radius 1 is 1.13 bits per heavy atom. The molecule has 1 unspecified atom stereocenters. The Labute approximate surface area is 187 Å². The molecule has 1 aromatic carbocycles. The highest BCUT2D eigenvalue weighted by Gasteiger charge is 2.41. The van der Waals surface area contributed by atoms with Crippen LogP contribution in [-0.2, 0) is 10.2 Å². The Balaban J connectivity index is 1.62. The molecule has 30 heavy (non-hydrogen) atoms. The Morgan fingerprint density at radius 3 is 2.63 bits per heavy atom. The molecule has 2 aliphatic rings. The van der Waals surface area contributed by atoms with E-state index in [9.17, 15) is 9.90 Å². The molecule has 0 spiro atoms. The van der Waals surface area contributed by atoms with Crippen molar-refractivity contribution in [3.8, 4) is 0 Å². The third kappa shape index (κ3) is 4.65. The molecule has 0 saturated carbocycles. The number of carbonyl (C=O) groups is 1. The summed E-state index contributed by atoms with van der Waals surface area (Å²) in [5.74, 6) is 0.790. The number of rotatable bonds is 5. The molecule has 7 heteroatoms. The maximum Gasteiger partial charge on any atom is 0.228 e. The molecule has 160 valence electrons. The second kappa shape index (κ2) is 9.23. The largest absolute Gasteiger partial charge is 0.393 e. The Hall–Kier alpha value is -1.66. The molecule has 5 nitrogen and oxygen atoms in total. The van der Waals surface area contributed by atoms with Gasteiger partial charge in [-0.25, -0.2) is 4.98 Å². The van der Waals surface area contributed by atoms with Crippen molar-refractivity contribution in [3.63, 3.8) is 0 Å². The van der Waals surface area contributed by atoms with E-state index in [4.69, 9.17) is 23.2 Å². The van der Waals surface area contributed by atoms with Gasteiger partial charge in [-0.2, -0.15) is 0 Å². The molecule has 2 saturated heterocycles. The van der Waals surface area contributed by atoms with Crippen LogP contribution < -0.4 is 4.90 Å². The van der Waals surface area contributed by atoms with Crippen molar-refractivity contribution < 1.29 is 9.90 Å². The first-order chi connectivity index (χ1) is 14.5. The number of piperidine rings is 2. The van der Waals surface area contributed by atoms with Crippen LogP contribution in [0.4, 0.5) is 5.82 Å². The van der Waals surface area contributed by atoms with E-state index in [1.165, 1.54) is 0 Å². The van der Waals surface area contributed by atoms with Crippen LogP contribution in [0.5, 0.6) is 0 Å². The van der Waals surface area contributed by atoms with Crippen LogP contribution in [0.15, 0.2) is 42.6 Å². The molecule has 3 heterocycles. The second-order valence-corrected chi connectivity index (χ2v) is 9.21. The quantitative estimate of drug-likeness (QED) is 0.741. The van der Waals surface area contributed by atoms with E-state index in [-0.39, 0.29) is 17.4 Å². The molecule has 2 fully saturated rings. The van der Waals surface area contributed by atoms with Crippen LogP contribution in [-0.4, -0.2) is 53.2 Å². The fourth-order valence-electron chi connectivity index (χ4n) is 4.60. The maximum atomic E-state index is 12.8. The summed E-state index contributed by atoms with van der Waals surface area (Å²) in [5.41, 5.74) is 0.887. The lowest BCUT2D eigenvalue weighted by molar-refractivity contribution is -0.120. The SMILES string of the molecule is O=C1CCC(CCN2CCC(O)CC2)(c2ccc(Cl)c(Cl)c2)CN1c1ccccn1. The zero-order chi connectivity index (χ0) is 21.1. The number of likely N-dealkylation sites (tertiary alicyclic amines) is 1. The number of aromatic nitrogens is 1. The Morgan fingerprint density at radius 2 is 1.93 bits per heavy atom. The van der Waals surface area contributed by atoms with E-state index in [1.54, 1.807) is 6.20 Å². The Bertz CT molecular complexity index is 887. The molecule has 1 amide bonds. The summed E-state index contributed by atoms with van der Waals surface area (Å²) in [6.07, 6.45) is 5.31. The average Bonchev–Trinajstić information content (AvgIpc) is 2.77. The number of hydrogen-bond acceptors (Lipinski definition) is 4. The van der Waals surface area contributed by atoms with Crippen molar-refractivity contribution in [1.82, 2.24) is 9.88 Å². The number of hydrogen-bond donors (Lipinski definition) is 1. The van der Waals surface area contributed by atoms with E-state index in [0.717, 1.165) is 50.9 Å². The van der Waals surface area contributed by atoms with Crippen LogP contribution in [0.2, 0.25) is 10.0 Å². The topological polar surface area (TPSA) is 56.7 Å². The van der Waals surface area contributed by atoms with Gasteiger partial charge in [-0.15, -0.1) is 0 Å². The standard InChI is InChI=1S/C23H27Cl2N3O2/c24-19-5-4-17(15-20(19)25)23(10-14-27-12-7-18(29)8-13-27)9-6-22(30)28(16-23)21-3-1-2-11-26-21/h1-5,11,15,18,29H,6-10,12-14,16H2. The normalized spacial score (nSPS) is 23.7. The zero-order valence-electron chi connectivity index (χ0n) is 16.9. The molecule has 2 aliphatic heterocycles. The number of benzene rings is 1. The summed E-state index contributed by atoms with van der Waals surface area (Å²) in [5, 5.41) is 10.9. The van der Waals surface area contributed by atoms with E-state index < -0.39 is 0 Å². The van der Waals surface area contributed by atoms with Gasteiger partial charge in [0.2, 0.25) is 5.91 Å². The van der Waals surface area contributed by atoms with Gasteiger partial charge in [0.1, 0.15) is 5.82 Å². The van der Waals surface area contributed by atoms with Gasteiger partial charge >= 0.3 is 0 Å². The van der Waals surface area contributed by atoms with Crippen molar-refractivity contribution >= 4 is 34.9 Å². The first kappa shape index (κ1) is 21.6. The van der Waals surface area contributed by atoms with Gasteiger partial charge < -0.3 is 10.0 Å². The molecular formula is C23H27Cl2N3O2. The lowest BCUT2D eigenvalue weighted by Crippen LogP contribution is -2.51. The predicted octanol–water partition coefficient (Wildman–Crippen LogP) is 4.30. The highest BCUT2D eigenvalue weighted by molar-refractivity contribution is 6.42. The highest BCUT2D eigenvalue weighted by Crippen LogP contribution is 2.41. The fourth-order valence-corrected chi connectivity index (χ4v) is 4.90. The third-order valence-electron chi connectivity index (χ3n) is 6.50. The average molecular weight is 448 g/mol. The second-order valence-electron chi connectivity index (χ2n) is 8.40. The van der Waals surface area contributed by atoms with Crippen molar-refractivity contribution in [3.05, 3.63) is 58.2 Å². The molecule has 1 N–H and O–H groups in total. The molecule has 2 aromatic rings. The van der Waals surface area contributed by atoms with Crippen LogP contribution in [0.1, 0.15) is 37.7 Å². The lowest BCUT2D eigenvalue weighted by atomic mass is 9.71. The smallest absolute Gasteiger partial charge is 0.228 e. The van der Waals surface area contributed by atoms with Crippen LogP contribution >= 0.6 is 23.2 Å². The van der Waals surface area contributed by atoms with Gasteiger partial charge in [0, 0.05) is 37.7 Å². The van der Waals surface area contributed by atoms with Crippen LogP contribution in [0.3, 0.4) is 0 Å². The van der Waals surface area contributed by atoms with E-state index in [2.05, 4.69) is 9.88 Å². The van der Waals surface area contributed by atoms with Crippen LogP contribution in [0.25, 0.3) is 0 Å². The van der Waals surface area contributed by atoms with Gasteiger partial charge in [0.15, 0.2) is 0 Å². The van der Waals surface area contributed by atoms with E-state index in [1.807, 2.05) is 41.3 Å². The molecule has 0 aliphatic carbocycles. The molecule has 1 aromatic heterocycles.